The highest BCUT2D eigenvalue weighted by Crippen LogP contribution is 2.24. The van der Waals surface area contributed by atoms with Crippen molar-refractivity contribution in [3.63, 3.8) is 0 Å². The molecule has 0 N–H and O–H groups in total. The van der Waals surface area contributed by atoms with Gasteiger partial charge >= 0.3 is 6.09 Å². The summed E-state index contributed by atoms with van der Waals surface area (Å²) in [7, 11) is 0. The van der Waals surface area contributed by atoms with Crippen molar-refractivity contribution in [1.82, 2.24) is 14.8 Å². The summed E-state index contributed by atoms with van der Waals surface area (Å²) in [5.74, 6) is -1.09. The molecule has 2 amide bonds. The van der Waals surface area contributed by atoms with Gasteiger partial charge in [-0.1, -0.05) is 0 Å². The maximum atomic E-state index is 13.6. The van der Waals surface area contributed by atoms with Gasteiger partial charge < -0.3 is 9.64 Å². The van der Waals surface area contributed by atoms with E-state index in [2.05, 4.69) is 4.98 Å². The lowest BCUT2D eigenvalue weighted by Gasteiger charge is -2.37. The van der Waals surface area contributed by atoms with Gasteiger partial charge in [0, 0.05) is 25.3 Å². The summed E-state index contributed by atoms with van der Waals surface area (Å²) in [6, 6.07) is 3.13. The molecule has 2 saturated heterocycles. The first kappa shape index (κ1) is 14.7. The van der Waals surface area contributed by atoms with Crippen molar-refractivity contribution in [3.8, 4) is 0 Å². The molecule has 1 atom stereocenters. The molecule has 3 rings (SSSR count). The molecule has 0 bridgehead atoms. The molecule has 2 aliphatic heterocycles. The van der Waals surface area contributed by atoms with Crippen molar-refractivity contribution in [2.45, 2.75) is 31.8 Å². The van der Waals surface area contributed by atoms with Crippen molar-refractivity contribution in [2.24, 2.45) is 0 Å². The Bertz CT molecular complexity index is 587. The number of hydrogen-bond acceptors (Lipinski definition) is 4. The molecule has 0 saturated carbocycles. The topological polar surface area (TPSA) is 62.7 Å². The van der Waals surface area contributed by atoms with Crippen LogP contribution in [0.1, 0.15) is 30.1 Å². The van der Waals surface area contributed by atoms with Crippen LogP contribution < -0.4 is 0 Å². The Labute approximate surface area is 127 Å². The number of hydrogen-bond donors (Lipinski definition) is 0. The number of pyridine rings is 1. The number of likely N-dealkylation sites (tertiary alicyclic amines) is 1. The van der Waals surface area contributed by atoms with E-state index in [9.17, 15) is 14.0 Å². The van der Waals surface area contributed by atoms with Crippen LogP contribution in [-0.4, -0.2) is 58.6 Å². The molecule has 0 aromatic carbocycles. The fraction of sp³-hybridized carbons (Fsp3) is 0.533. The highest BCUT2D eigenvalue weighted by Gasteiger charge is 2.37. The summed E-state index contributed by atoms with van der Waals surface area (Å²) in [6.45, 7) is 3.36. The van der Waals surface area contributed by atoms with Crippen LogP contribution in [0, 0.1) is 5.95 Å². The molecule has 0 spiro atoms. The molecule has 0 radical (unpaired) electrons. The monoisotopic (exact) mass is 307 g/mol. The second kappa shape index (κ2) is 5.90. The van der Waals surface area contributed by atoms with Gasteiger partial charge in [-0.2, -0.15) is 4.39 Å². The first-order valence-electron chi connectivity index (χ1n) is 7.43. The molecule has 2 aliphatic rings. The third kappa shape index (κ3) is 2.63. The summed E-state index contributed by atoms with van der Waals surface area (Å²) < 4.78 is 18.6. The van der Waals surface area contributed by atoms with Crippen molar-refractivity contribution < 1.29 is 18.7 Å². The van der Waals surface area contributed by atoms with Crippen molar-refractivity contribution >= 4 is 12.0 Å². The predicted molar refractivity (Wildman–Crippen MR) is 75.8 cm³/mol. The minimum Gasteiger partial charge on any atom is -0.447 e. The number of cyclic esters (lactones) is 1. The van der Waals surface area contributed by atoms with Gasteiger partial charge in [0.2, 0.25) is 5.95 Å². The van der Waals surface area contributed by atoms with E-state index >= 15 is 0 Å². The molecule has 0 aliphatic carbocycles. The second-order valence-electron chi connectivity index (χ2n) is 5.70. The van der Waals surface area contributed by atoms with Crippen molar-refractivity contribution in [1.29, 1.82) is 0 Å². The van der Waals surface area contributed by atoms with Crippen LogP contribution in [0.5, 0.6) is 0 Å². The number of carbonyl (C=O) groups excluding carboxylic acids is 2. The molecule has 1 unspecified atom stereocenters. The van der Waals surface area contributed by atoms with Crippen LogP contribution in [0.15, 0.2) is 18.3 Å². The molecule has 2 fully saturated rings. The Morgan fingerprint density at radius 2 is 2.14 bits per heavy atom. The lowest BCUT2D eigenvalue weighted by molar-refractivity contribution is 0.0636. The first-order chi connectivity index (χ1) is 10.6. The van der Waals surface area contributed by atoms with E-state index in [4.69, 9.17) is 4.74 Å². The zero-order valence-corrected chi connectivity index (χ0v) is 12.4. The Kier molecular flexibility index (Phi) is 3.96. The third-order valence-corrected chi connectivity index (χ3v) is 4.27. The lowest BCUT2D eigenvalue weighted by atomic mass is 10.0. The summed E-state index contributed by atoms with van der Waals surface area (Å²) in [5.41, 5.74) is -0.00472. The minimum atomic E-state index is -0.744. The largest absolute Gasteiger partial charge is 0.447 e. The van der Waals surface area contributed by atoms with Crippen LogP contribution in [0.25, 0.3) is 0 Å². The molecule has 1 aromatic rings. The quantitative estimate of drug-likeness (QED) is 0.780. The van der Waals surface area contributed by atoms with E-state index < -0.39 is 5.95 Å². The third-order valence-electron chi connectivity index (χ3n) is 4.27. The predicted octanol–water partition coefficient (Wildman–Crippen LogP) is 1.67. The molecule has 118 valence electrons. The summed E-state index contributed by atoms with van der Waals surface area (Å²) in [5, 5.41) is 0. The fourth-order valence-electron chi connectivity index (χ4n) is 3.10. The average molecular weight is 307 g/mol. The molecular weight excluding hydrogens is 289 g/mol. The number of rotatable bonds is 2. The van der Waals surface area contributed by atoms with Crippen molar-refractivity contribution in [2.75, 3.05) is 19.7 Å². The number of aromatic nitrogens is 1. The van der Waals surface area contributed by atoms with Gasteiger partial charge in [0.05, 0.1) is 11.6 Å². The number of ether oxygens (including phenoxy) is 1. The highest BCUT2D eigenvalue weighted by atomic mass is 19.1. The van der Waals surface area contributed by atoms with E-state index in [0.29, 0.717) is 32.5 Å². The number of piperidine rings is 1. The first-order valence-corrected chi connectivity index (χ1v) is 7.43. The summed E-state index contributed by atoms with van der Waals surface area (Å²) in [4.78, 5) is 30.9. The van der Waals surface area contributed by atoms with Gasteiger partial charge in [0.25, 0.3) is 5.91 Å². The van der Waals surface area contributed by atoms with E-state index in [1.54, 1.807) is 15.9 Å². The zero-order chi connectivity index (χ0) is 15.7. The zero-order valence-electron chi connectivity index (χ0n) is 12.4. The molecule has 7 heteroatoms. The van der Waals surface area contributed by atoms with Gasteiger partial charge in [-0.05, 0) is 31.9 Å². The molecule has 22 heavy (non-hydrogen) atoms. The van der Waals surface area contributed by atoms with Gasteiger partial charge in [-0.15, -0.1) is 0 Å². The Hall–Kier alpha value is -2.18. The fourth-order valence-corrected chi connectivity index (χ4v) is 3.10. The molecule has 1 aromatic heterocycles. The number of carbonyl (C=O) groups is 2. The van der Waals surface area contributed by atoms with Crippen LogP contribution >= 0.6 is 0 Å². The number of nitrogens with zero attached hydrogens (tertiary/aromatic N) is 3. The van der Waals surface area contributed by atoms with Crippen LogP contribution in [-0.2, 0) is 4.74 Å². The Balaban J connectivity index is 1.63. The van der Waals surface area contributed by atoms with Gasteiger partial charge in [-0.25, -0.2) is 9.78 Å². The summed E-state index contributed by atoms with van der Waals surface area (Å²) in [6.07, 6.45) is 2.38. The maximum Gasteiger partial charge on any atom is 0.410 e. The van der Waals surface area contributed by atoms with Gasteiger partial charge in [-0.3, -0.25) is 9.69 Å². The van der Waals surface area contributed by atoms with Gasteiger partial charge in [0.1, 0.15) is 6.61 Å². The molecule has 3 heterocycles. The van der Waals surface area contributed by atoms with Crippen LogP contribution in [0.4, 0.5) is 9.18 Å². The average Bonchev–Trinajstić information content (AvgIpc) is 2.86. The van der Waals surface area contributed by atoms with E-state index in [1.165, 1.54) is 12.3 Å². The standard InChI is InChI=1S/C15H18FN3O3/c1-10-9-22-15(21)19(10)11-4-7-18(8-5-11)14(20)12-3-2-6-17-13(12)16/h2-3,6,10-11H,4-5,7-9H2,1H3. The Morgan fingerprint density at radius 1 is 1.41 bits per heavy atom. The normalized spacial score (nSPS) is 22.8. The SMILES string of the molecule is CC1COC(=O)N1C1CCN(C(=O)c2cccnc2F)CC1. The van der Waals surface area contributed by atoms with Crippen LogP contribution in [0.3, 0.4) is 0 Å². The molecule has 6 nitrogen and oxygen atoms in total. The van der Waals surface area contributed by atoms with E-state index in [-0.39, 0.29) is 29.6 Å². The van der Waals surface area contributed by atoms with E-state index in [1.807, 2.05) is 6.92 Å². The highest BCUT2D eigenvalue weighted by molar-refractivity contribution is 5.94. The van der Waals surface area contributed by atoms with E-state index in [0.717, 1.165) is 0 Å². The summed E-state index contributed by atoms with van der Waals surface area (Å²) >= 11 is 0. The number of halogens is 1. The molecular formula is C15H18FN3O3. The van der Waals surface area contributed by atoms with Crippen molar-refractivity contribution in [3.05, 3.63) is 29.8 Å². The minimum absolute atomic E-state index is 0.00472. The maximum absolute atomic E-state index is 13.6. The second-order valence-corrected chi connectivity index (χ2v) is 5.70. The lowest BCUT2D eigenvalue weighted by Crippen LogP contribution is -2.49. The van der Waals surface area contributed by atoms with Gasteiger partial charge in [0.15, 0.2) is 0 Å². The number of amides is 2. The Morgan fingerprint density at radius 3 is 2.73 bits per heavy atom. The van der Waals surface area contributed by atoms with Crippen LogP contribution in [0.2, 0.25) is 0 Å². The smallest absolute Gasteiger partial charge is 0.410 e.